The lowest BCUT2D eigenvalue weighted by Gasteiger charge is -1.87. The van der Waals surface area contributed by atoms with Gasteiger partial charge in [-0.15, -0.1) is 0 Å². The van der Waals surface area contributed by atoms with Crippen molar-refractivity contribution in [2.45, 2.75) is 20.8 Å². The standard InChI is InChI=1S/C12H16N2/c1-11(2)5-4-6-12(3)7-9-14-10-8-13/h4-7,9H,10H2,1-3H3/b6-4+,12-7+,14-9?. The van der Waals surface area contributed by atoms with Crippen molar-refractivity contribution in [3.63, 3.8) is 0 Å². The van der Waals surface area contributed by atoms with Gasteiger partial charge in [-0.1, -0.05) is 23.8 Å². The minimum Gasteiger partial charge on any atom is -0.278 e. The molecule has 0 saturated heterocycles. The molecule has 0 fully saturated rings. The van der Waals surface area contributed by atoms with E-state index in [0.29, 0.717) is 0 Å². The molecule has 0 aliphatic heterocycles. The van der Waals surface area contributed by atoms with Crippen LogP contribution in [0.3, 0.4) is 0 Å². The van der Waals surface area contributed by atoms with Crippen molar-refractivity contribution in [3.05, 3.63) is 35.5 Å². The predicted octanol–water partition coefficient (Wildman–Crippen LogP) is 3.05. The molecule has 2 heteroatoms. The van der Waals surface area contributed by atoms with Crippen LogP contribution in [0.15, 0.2) is 40.4 Å². The Kier molecular flexibility index (Phi) is 7.07. The molecule has 0 aliphatic carbocycles. The van der Waals surface area contributed by atoms with Crippen LogP contribution in [0.5, 0.6) is 0 Å². The monoisotopic (exact) mass is 188 g/mol. The maximum absolute atomic E-state index is 8.23. The van der Waals surface area contributed by atoms with Crippen molar-refractivity contribution < 1.29 is 0 Å². The first kappa shape index (κ1) is 12.4. The van der Waals surface area contributed by atoms with Gasteiger partial charge in [-0.2, -0.15) is 5.26 Å². The third-order valence-electron chi connectivity index (χ3n) is 1.39. The van der Waals surface area contributed by atoms with Gasteiger partial charge in [0.1, 0.15) is 6.54 Å². The Balaban J connectivity index is 4.08. The summed E-state index contributed by atoms with van der Waals surface area (Å²) in [6, 6.07) is 1.94. The van der Waals surface area contributed by atoms with E-state index in [1.807, 2.05) is 37.3 Å². The average molecular weight is 188 g/mol. The summed E-state index contributed by atoms with van der Waals surface area (Å²) in [7, 11) is 0. The van der Waals surface area contributed by atoms with Crippen LogP contribution in [0, 0.1) is 11.3 Å². The third kappa shape index (κ3) is 8.48. The van der Waals surface area contributed by atoms with Crippen molar-refractivity contribution in [1.29, 1.82) is 5.26 Å². The molecule has 0 heterocycles. The van der Waals surface area contributed by atoms with Gasteiger partial charge in [0.25, 0.3) is 0 Å². The summed E-state index contributed by atoms with van der Waals surface area (Å²) < 4.78 is 0. The summed E-state index contributed by atoms with van der Waals surface area (Å²) in [5.41, 5.74) is 2.39. The molecule has 0 aromatic carbocycles. The first-order valence-electron chi connectivity index (χ1n) is 4.52. The molecule has 74 valence electrons. The van der Waals surface area contributed by atoms with Gasteiger partial charge < -0.3 is 0 Å². The van der Waals surface area contributed by atoms with Crippen LogP contribution in [0.2, 0.25) is 0 Å². The van der Waals surface area contributed by atoms with Crippen molar-refractivity contribution in [1.82, 2.24) is 0 Å². The first-order valence-corrected chi connectivity index (χ1v) is 4.52. The van der Waals surface area contributed by atoms with Crippen LogP contribution in [0.4, 0.5) is 0 Å². The van der Waals surface area contributed by atoms with Gasteiger partial charge >= 0.3 is 0 Å². The summed E-state index contributed by atoms with van der Waals surface area (Å²) >= 11 is 0. The SMILES string of the molecule is CC(C)=C/C=C/C(C)=C/C=NCC#N. The molecule has 0 N–H and O–H groups in total. The van der Waals surface area contributed by atoms with Gasteiger partial charge in [-0.3, -0.25) is 4.99 Å². The number of nitriles is 1. The van der Waals surface area contributed by atoms with Gasteiger partial charge in [-0.05, 0) is 32.4 Å². The fourth-order valence-corrected chi connectivity index (χ4v) is 0.712. The molecule has 14 heavy (non-hydrogen) atoms. The van der Waals surface area contributed by atoms with Gasteiger partial charge in [0.05, 0.1) is 6.07 Å². The molecule has 0 aromatic heterocycles. The molecule has 0 aromatic rings. The van der Waals surface area contributed by atoms with Crippen LogP contribution in [-0.2, 0) is 0 Å². The quantitative estimate of drug-likeness (QED) is 0.379. The topological polar surface area (TPSA) is 36.1 Å². The van der Waals surface area contributed by atoms with E-state index in [4.69, 9.17) is 5.26 Å². The van der Waals surface area contributed by atoms with E-state index in [0.717, 1.165) is 5.57 Å². The summed E-state index contributed by atoms with van der Waals surface area (Å²) in [5, 5.41) is 8.23. The highest BCUT2D eigenvalue weighted by molar-refractivity contribution is 5.72. The fourth-order valence-electron chi connectivity index (χ4n) is 0.712. The van der Waals surface area contributed by atoms with Crippen LogP contribution in [0.1, 0.15) is 20.8 Å². The third-order valence-corrected chi connectivity index (χ3v) is 1.39. The molecule has 0 amide bonds. The number of nitrogens with zero attached hydrogens (tertiary/aromatic N) is 2. The molecule has 0 radical (unpaired) electrons. The predicted molar refractivity (Wildman–Crippen MR) is 61.3 cm³/mol. The number of allylic oxidation sites excluding steroid dienone is 6. The molecule has 0 rings (SSSR count). The first-order chi connectivity index (χ1) is 6.66. The van der Waals surface area contributed by atoms with E-state index in [9.17, 15) is 0 Å². The molecule has 0 saturated carbocycles. The van der Waals surface area contributed by atoms with Gasteiger partial charge in [0.15, 0.2) is 0 Å². The van der Waals surface area contributed by atoms with Gasteiger partial charge in [0.2, 0.25) is 0 Å². The number of rotatable bonds is 4. The summed E-state index contributed by atoms with van der Waals surface area (Å²) in [6.07, 6.45) is 9.59. The van der Waals surface area contributed by atoms with Crippen LogP contribution in [-0.4, -0.2) is 12.8 Å². The lowest BCUT2D eigenvalue weighted by molar-refractivity contribution is 1.25. The molecular formula is C12H16N2. The van der Waals surface area contributed by atoms with Gasteiger partial charge in [0, 0.05) is 6.21 Å². The van der Waals surface area contributed by atoms with Crippen molar-refractivity contribution in [2.24, 2.45) is 4.99 Å². The minimum atomic E-state index is 0.224. The van der Waals surface area contributed by atoms with Crippen molar-refractivity contribution >= 4 is 6.21 Å². The van der Waals surface area contributed by atoms with Crippen molar-refractivity contribution in [2.75, 3.05) is 6.54 Å². The molecule has 2 nitrogen and oxygen atoms in total. The number of hydrogen-bond acceptors (Lipinski definition) is 2. The Bertz CT molecular complexity index is 308. The smallest absolute Gasteiger partial charge is 0.126 e. The molecular weight excluding hydrogens is 172 g/mol. The van der Waals surface area contributed by atoms with E-state index in [1.165, 1.54) is 5.57 Å². The number of hydrogen-bond donors (Lipinski definition) is 0. The normalized spacial score (nSPS) is 12.0. The lowest BCUT2D eigenvalue weighted by atomic mass is 10.2. The Morgan fingerprint density at radius 3 is 2.57 bits per heavy atom. The van der Waals surface area contributed by atoms with E-state index < -0.39 is 0 Å². The maximum atomic E-state index is 8.23. The molecule has 0 spiro atoms. The van der Waals surface area contributed by atoms with Gasteiger partial charge in [-0.25, -0.2) is 0 Å². The highest BCUT2D eigenvalue weighted by Gasteiger charge is 1.77. The van der Waals surface area contributed by atoms with Crippen molar-refractivity contribution in [3.8, 4) is 6.07 Å². The van der Waals surface area contributed by atoms with Crippen LogP contribution >= 0.6 is 0 Å². The highest BCUT2D eigenvalue weighted by atomic mass is 14.7. The zero-order chi connectivity index (χ0) is 10.8. The second-order valence-electron chi connectivity index (χ2n) is 3.16. The lowest BCUT2D eigenvalue weighted by Crippen LogP contribution is -1.74. The highest BCUT2D eigenvalue weighted by Crippen LogP contribution is 1.95. The Labute approximate surface area is 86.0 Å². The fraction of sp³-hybridized carbons (Fsp3) is 0.333. The zero-order valence-electron chi connectivity index (χ0n) is 8.99. The summed E-state index contributed by atoms with van der Waals surface area (Å²) in [5.74, 6) is 0. The Morgan fingerprint density at radius 2 is 2.00 bits per heavy atom. The Hall–Kier alpha value is -1.62. The van der Waals surface area contributed by atoms with E-state index in [-0.39, 0.29) is 6.54 Å². The maximum Gasteiger partial charge on any atom is 0.126 e. The second kappa shape index (κ2) is 8.00. The average Bonchev–Trinajstić information content (AvgIpc) is 2.12. The largest absolute Gasteiger partial charge is 0.278 e. The minimum absolute atomic E-state index is 0.224. The molecule has 0 atom stereocenters. The van der Waals surface area contributed by atoms with E-state index in [2.05, 4.69) is 18.8 Å². The summed E-state index contributed by atoms with van der Waals surface area (Å²) in [4.78, 5) is 3.86. The van der Waals surface area contributed by atoms with E-state index >= 15 is 0 Å². The molecule has 0 aliphatic rings. The van der Waals surface area contributed by atoms with E-state index in [1.54, 1.807) is 6.21 Å². The second-order valence-corrected chi connectivity index (χ2v) is 3.16. The molecule has 0 unspecified atom stereocenters. The number of aliphatic imine (C=N–C) groups is 1. The van der Waals surface area contributed by atoms with Crippen LogP contribution in [0.25, 0.3) is 0 Å². The Morgan fingerprint density at radius 1 is 1.29 bits per heavy atom. The molecule has 0 bridgehead atoms. The van der Waals surface area contributed by atoms with Crippen LogP contribution < -0.4 is 0 Å². The zero-order valence-corrected chi connectivity index (χ0v) is 8.99. The summed E-state index contributed by atoms with van der Waals surface area (Å²) in [6.45, 7) is 6.32.